The average molecular weight is 734 g/mol. The summed E-state index contributed by atoms with van der Waals surface area (Å²) in [5.74, 6) is -0.946. The zero-order valence-corrected chi connectivity index (χ0v) is 32.4. The van der Waals surface area contributed by atoms with E-state index in [0.717, 1.165) is 70.6 Å². The summed E-state index contributed by atoms with van der Waals surface area (Å²) in [5.41, 5.74) is 5.32. The summed E-state index contributed by atoms with van der Waals surface area (Å²) in [7, 11) is -4.40. The second-order valence-electron chi connectivity index (χ2n) is 12.0. The molecule has 0 aliphatic rings. The number of carbonyl (C=O) groups is 2. The Morgan fingerprint density at radius 2 is 1.06 bits per heavy atom. The first-order valence-electron chi connectivity index (χ1n) is 19.1. The van der Waals surface area contributed by atoms with Crippen LogP contribution in [0.4, 0.5) is 0 Å². The van der Waals surface area contributed by atoms with Gasteiger partial charge in [0, 0.05) is 19.4 Å². The lowest BCUT2D eigenvalue weighted by atomic mass is 10.1. The van der Waals surface area contributed by atoms with Crippen molar-refractivity contribution in [3.05, 3.63) is 85.1 Å². The maximum Gasteiger partial charge on any atom is 0.472 e. The van der Waals surface area contributed by atoms with Crippen LogP contribution >= 0.6 is 7.82 Å². The number of hydrogen-bond acceptors (Lipinski definition) is 8. The number of carbonyl (C=O) groups excluding carboxylic acids is 2. The third kappa shape index (κ3) is 36.8. The highest BCUT2D eigenvalue weighted by Gasteiger charge is 2.25. The first-order chi connectivity index (χ1) is 24.8. The molecule has 0 aliphatic heterocycles. The first-order valence-corrected chi connectivity index (χ1v) is 20.6. The van der Waals surface area contributed by atoms with E-state index in [-0.39, 0.29) is 32.6 Å². The van der Waals surface area contributed by atoms with Crippen LogP contribution < -0.4 is 5.73 Å². The Morgan fingerprint density at radius 3 is 1.59 bits per heavy atom. The zero-order valence-electron chi connectivity index (χ0n) is 31.5. The van der Waals surface area contributed by atoms with Crippen molar-refractivity contribution < 1.29 is 37.6 Å². The second-order valence-corrected chi connectivity index (χ2v) is 13.5. The van der Waals surface area contributed by atoms with Gasteiger partial charge < -0.3 is 20.1 Å². The van der Waals surface area contributed by atoms with Crippen molar-refractivity contribution in [3.8, 4) is 0 Å². The number of phosphoric ester groups is 1. The molecule has 0 rings (SSSR count). The molecule has 0 saturated heterocycles. The molecule has 0 amide bonds. The second kappa shape index (κ2) is 37.0. The van der Waals surface area contributed by atoms with Crippen molar-refractivity contribution in [1.29, 1.82) is 0 Å². The van der Waals surface area contributed by atoms with Crippen LogP contribution in [-0.2, 0) is 32.7 Å². The molecule has 2 unspecified atom stereocenters. The molecule has 9 nitrogen and oxygen atoms in total. The van der Waals surface area contributed by atoms with Crippen molar-refractivity contribution in [2.24, 2.45) is 5.73 Å². The summed E-state index contributed by atoms with van der Waals surface area (Å²) < 4.78 is 32.5. The van der Waals surface area contributed by atoms with Crippen molar-refractivity contribution in [2.45, 2.75) is 136 Å². The summed E-state index contributed by atoms with van der Waals surface area (Å²) >= 11 is 0. The normalized spacial score (nSPS) is 14.4. The van der Waals surface area contributed by atoms with E-state index in [1.54, 1.807) is 0 Å². The Labute approximate surface area is 309 Å². The van der Waals surface area contributed by atoms with Crippen LogP contribution in [-0.4, -0.2) is 49.3 Å². The molecule has 10 heteroatoms. The molecule has 0 aromatic carbocycles. The summed E-state index contributed by atoms with van der Waals surface area (Å²) in [4.78, 5) is 34.7. The van der Waals surface area contributed by atoms with E-state index in [0.29, 0.717) is 12.8 Å². The lowest BCUT2D eigenvalue weighted by molar-refractivity contribution is -0.161. The SMILES string of the molecule is CC/C=C\C/C=C\C/C=C\C/C=C\CCC(=O)OC(COC(=O)CCCCCCCCC/C=C\C/C=C\C/C=C\CC)COP(=O)(O)OCCN. The number of phosphoric acid groups is 1. The third-order valence-corrected chi connectivity index (χ3v) is 8.27. The summed E-state index contributed by atoms with van der Waals surface area (Å²) in [5, 5.41) is 0. The Bertz CT molecular complexity index is 1110. The van der Waals surface area contributed by atoms with Crippen LogP contribution in [0, 0.1) is 0 Å². The lowest BCUT2D eigenvalue weighted by Gasteiger charge is -2.19. The highest BCUT2D eigenvalue weighted by Crippen LogP contribution is 2.43. The van der Waals surface area contributed by atoms with Crippen LogP contribution in [0.1, 0.15) is 129 Å². The summed E-state index contributed by atoms with van der Waals surface area (Å²) in [6.07, 6.45) is 44.9. The largest absolute Gasteiger partial charge is 0.472 e. The van der Waals surface area contributed by atoms with Crippen LogP contribution in [0.3, 0.4) is 0 Å². The van der Waals surface area contributed by atoms with Crippen LogP contribution in [0.2, 0.25) is 0 Å². The number of esters is 2. The minimum Gasteiger partial charge on any atom is -0.462 e. The van der Waals surface area contributed by atoms with E-state index in [2.05, 4.69) is 86.8 Å². The molecule has 0 radical (unpaired) electrons. The third-order valence-electron chi connectivity index (χ3n) is 7.29. The van der Waals surface area contributed by atoms with Gasteiger partial charge in [-0.15, -0.1) is 0 Å². The molecule has 0 heterocycles. The molecule has 290 valence electrons. The molecule has 0 aromatic heterocycles. The van der Waals surface area contributed by atoms with E-state index in [4.69, 9.17) is 24.3 Å². The fourth-order valence-corrected chi connectivity index (χ4v) is 5.31. The Kier molecular flexibility index (Phi) is 34.9. The Hall–Kier alpha value is -2.81. The van der Waals surface area contributed by atoms with E-state index in [9.17, 15) is 19.0 Å². The number of ether oxygens (including phenoxy) is 2. The minimum absolute atomic E-state index is 0.0367. The molecule has 0 aliphatic carbocycles. The highest BCUT2D eigenvalue weighted by molar-refractivity contribution is 7.47. The van der Waals surface area contributed by atoms with Gasteiger partial charge in [-0.1, -0.05) is 131 Å². The minimum atomic E-state index is -4.40. The van der Waals surface area contributed by atoms with Gasteiger partial charge in [0.25, 0.3) is 0 Å². The van der Waals surface area contributed by atoms with Gasteiger partial charge >= 0.3 is 19.8 Å². The van der Waals surface area contributed by atoms with Crippen molar-refractivity contribution >= 4 is 19.8 Å². The maximum atomic E-state index is 12.5. The number of hydrogen-bond donors (Lipinski definition) is 2. The van der Waals surface area contributed by atoms with Crippen molar-refractivity contribution in [1.82, 2.24) is 0 Å². The fraction of sp³-hybridized carbons (Fsp3) is 0.610. The predicted octanol–water partition coefficient (Wildman–Crippen LogP) is 10.5. The van der Waals surface area contributed by atoms with Gasteiger partial charge in [-0.3, -0.25) is 18.6 Å². The van der Waals surface area contributed by atoms with Crippen molar-refractivity contribution in [2.75, 3.05) is 26.4 Å². The Balaban J connectivity index is 4.33. The standard InChI is InChI=1S/C41H68NO8P/c1-3-5-7-9-11-13-15-17-18-19-20-22-23-25-27-29-31-33-40(43)47-37-39(38-49-51(45,46)48-36-35-42)50-41(44)34-32-30-28-26-24-21-16-14-12-10-8-6-4-2/h5-8,11-14,17-18,21,24,28,30,39H,3-4,9-10,15-16,19-20,22-23,25-27,29,31-38,42H2,1-2H3,(H,45,46)/b7-5-,8-6-,13-11-,14-12-,18-17-,24-21-,30-28-. The van der Waals surface area contributed by atoms with Crippen LogP contribution in [0.5, 0.6) is 0 Å². The van der Waals surface area contributed by atoms with E-state index in [1.165, 1.54) is 19.3 Å². The van der Waals surface area contributed by atoms with Crippen molar-refractivity contribution in [3.63, 3.8) is 0 Å². The van der Waals surface area contributed by atoms with Crippen LogP contribution in [0.15, 0.2) is 85.1 Å². The smallest absolute Gasteiger partial charge is 0.462 e. The number of allylic oxidation sites excluding steroid dienone is 14. The molecule has 51 heavy (non-hydrogen) atoms. The van der Waals surface area contributed by atoms with E-state index >= 15 is 0 Å². The predicted molar refractivity (Wildman–Crippen MR) is 210 cm³/mol. The molecule has 3 N–H and O–H groups in total. The van der Waals surface area contributed by atoms with Gasteiger partial charge in [0.15, 0.2) is 6.10 Å². The Morgan fingerprint density at radius 1 is 0.588 bits per heavy atom. The molecule has 2 atom stereocenters. The van der Waals surface area contributed by atoms with Gasteiger partial charge in [-0.2, -0.15) is 0 Å². The number of unbranched alkanes of at least 4 members (excludes halogenated alkanes) is 7. The number of rotatable bonds is 34. The topological polar surface area (TPSA) is 134 Å². The zero-order chi connectivity index (χ0) is 37.5. The molecular weight excluding hydrogens is 665 g/mol. The number of nitrogens with two attached hydrogens (primary N) is 1. The molecule has 0 spiro atoms. The fourth-order valence-electron chi connectivity index (χ4n) is 4.54. The lowest BCUT2D eigenvalue weighted by Crippen LogP contribution is -2.29. The van der Waals surface area contributed by atoms with Gasteiger partial charge in [0.05, 0.1) is 13.2 Å². The monoisotopic (exact) mass is 733 g/mol. The molecule has 0 fully saturated rings. The van der Waals surface area contributed by atoms with Gasteiger partial charge in [0.2, 0.25) is 0 Å². The van der Waals surface area contributed by atoms with Gasteiger partial charge in [-0.05, 0) is 70.6 Å². The highest BCUT2D eigenvalue weighted by atomic mass is 31.2. The molecule has 0 aromatic rings. The van der Waals surface area contributed by atoms with Crippen LogP contribution in [0.25, 0.3) is 0 Å². The maximum absolute atomic E-state index is 12.5. The van der Waals surface area contributed by atoms with Gasteiger partial charge in [-0.25, -0.2) is 4.57 Å². The van der Waals surface area contributed by atoms with E-state index in [1.807, 2.05) is 12.2 Å². The molecule has 0 saturated carbocycles. The average Bonchev–Trinajstić information content (AvgIpc) is 3.11. The van der Waals surface area contributed by atoms with Gasteiger partial charge in [0.1, 0.15) is 6.61 Å². The summed E-state index contributed by atoms with van der Waals surface area (Å²) in [6.45, 7) is 3.37. The quantitative estimate of drug-likeness (QED) is 0.0287. The first kappa shape index (κ1) is 48.2. The summed E-state index contributed by atoms with van der Waals surface area (Å²) in [6, 6.07) is 0. The van der Waals surface area contributed by atoms with E-state index < -0.39 is 32.5 Å². The molecule has 0 bridgehead atoms. The molecular formula is C41H68NO8P.